The number of aryl methyl sites for hydroxylation is 2. The van der Waals surface area contributed by atoms with Crippen LogP contribution >= 0.6 is 0 Å². The second kappa shape index (κ2) is 6.20. The molecule has 0 spiro atoms. The first-order valence-electron chi connectivity index (χ1n) is 8.37. The summed E-state index contributed by atoms with van der Waals surface area (Å²) in [5, 5.41) is 17.0. The summed E-state index contributed by atoms with van der Waals surface area (Å²) in [6.45, 7) is 2.84. The summed E-state index contributed by atoms with van der Waals surface area (Å²) in [5.74, 6) is 1.04. The van der Waals surface area contributed by atoms with Crippen molar-refractivity contribution >= 4 is 5.82 Å². The molecule has 0 saturated carbocycles. The molecule has 1 saturated heterocycles. The summed E-state index contributed by atoms with van der Waals surface area (Å²) in [7, 11) is 2.15. The van der Waals surface area contributed by atoms with Gasteiger partial charge < -0.3 is 4.90 Å². The minimum atomic E-state index is 0.537. The molecule has 0 unspecified atom stereocenters. The largest absolute Gasteiger partial charge is 0.352 e. The first kappa shape index (κ1) is 14.5. The molecule has 2 aliphatic rings. The van der Waals surface area contributed by atoms with E-state index in [4.69, 9.17) is 0 Å². The third-order valence-electron chi connectivity index (χ3n) is 4.91. The molecule has 0 bridgehead atoms. The van der Waals surface area contributed by atoms with E-state index in [-0.39, 0.29) is 0 Å². The lowest BCUT2D eigenvalue weighted by molar-refractivity contribution is 0.194. The molecule has 4 rings (SSSR count). The van der Waals surface area contributed by atoms with E-state index >= 15 is 0 Å². The van der Waals surface area contributed by atoms with Crippen LogP contribution in [-0.4, -0.2) is 51.5 Å². The Labute approximate surface area is 136 Å². The second-order valence-electron chi connectivity index (χ2n) is 6.57. The van der Waals surface area contributed by atoms with Crippen LogP contribution in [0.15, 0.2) is 24.4 Å². The minimum Gasteiger partial charge on any atom is -0.352 e. The van der Waals surface area contributed by atoms with Crippen molar-refractivity contribution in [2.45, 2.75) is 38.3 Å². The van der Waals surface area contributed by atoms with Crippen LogP contribution in [0.5, 0.6) is 0 Å². The molecule has 0 amide bonds. The molecule has 6 heteroatoms. The number of nitrogens with zero attached hydrogens (tertiary/aromatic N) is 6. The summed E-state index contributed by atoms with van der Waals surface area (Å²) >= 11 is 0. The van der Waals surface area contributed by atoms with Crippen molar-refractivity contribution in [3.8, 4) is 0 Å². The highest BCUT2D eigenvalue weighted by molar-refractivity contribution is 5.45. The zero-order valence-corrected chi connectivity index (χ0v) is 13.5. The van der Waals surface area contributed by atoms with Crippen LogP contribution < -0.4 is 4.90 Å². The van der Waals surface area contributed by atoms with Gasteiger partial charge in [-0.1, -0.05) is 0 Å². The third kappa shape index (κ3) is 3.03. The molecular formula is C17H22N6. The second-order valence-corrected chi connectivity index (χ2v) is 6.57. The van der Waals surface area contributed by atoms with E-state index in [1.807, 2.05) is 12.1 Å². The van der Waals surface area contributed by atoms with Crippen molar-refractivity contribution in [3.63, 3.8) is 0 Å². The number of anilines is 1. The number of hydrogen-bond acceptors (Lipinski definition) is 6. The van der Waals surface area contributed by atoms with Gasteiger partial charge in [0.2, 0.25) is 0 Å². The van der Waals surface area contributed by atoms with Crippen LogP contribution in [0.3, 0.4) is 0 Å². The van der Waals surface area contributed by atoms with E-state index in [0.29, 0.717) is 6.04 Å². The lowest BCUT2D eigenvalue weighted by atomic mass is 9.96. The van der Waals surface area contributed by atoms with Crippen LogP contribution in [0.4, 0.5) is 5.82 Å². The molecular weight excluding hydrogens is 288 g/mol. The van der Waals surface area contributed by atoms with Gasteiger partial charge in [0.05, 0.1) is 11.4 Å². The van der Waals surface area contributed by atoms with Gasteiger partial charge in [-0.05, 0) is 56.5 Å². The zero-order valence-electron chi connectivity index (χ0n) is 13.5. The van der Waals surface area contributed by atoms with Gasteiger partial charge in [0.15, 0.2) is 5.82 Å². The molecule has 1 aliphatic heterocycles. The SMILES string of the molecule is CN(Cc1cccnn1)C1CN(c2cc3c(nn2)CCCC3)C1. The van der Waals surface area contributed by atoms with E-state index in [2.05, 4.69) is 43.3 Å². The number of hydrogen-bond donors (Lipinski definition) is 0. The maximum absolute atomic E-state index is 4.44. The molecule has 0 radical (unpaired) electrons. The average molecular weight is 310 g/mol. The summed E-state index contributed by atoms with van der Waals surface area (Å²) in [4.78, 5) is 4.66. The standard InChI is InChI=1S/C17H22N6/c1-22(10-14-6-4-8-18-19-14)15-11-23(12-15)17-9-13-5-2-3-7-16(13)20-21-17/h4,6,8-9,15H,2-3,5,7,10-12H2,1H3. The Morgan fingerprint density at radius 1 is 1.17 bits per heavy atom. The lowest BCUT2D eigenvalue weighted by Gasteiger charge is -2.44. The molecule has 120 valence electrons. The predicted octanol–water partition coefficient (Wildman–Crippen LogP) is 1.47. The molecule has 0 atom stereocenters. The lowest BCUT2D eigenvalue weighted by Crippen LogP contribution is -2.58. The number of aromatic nitrogens is 4. The minimum absolute atomic E-state index is 0.537. The van der Waals surface area contributed by atoms with Crippen LogP contribution in [-0.2, 0) is 19.4 Å². The summed E-state index contributed by atoms with van der Waals surface area (Å²) in [5.41, 5.74) is 3.62. The van der Waals surface area contributed by atoms with Crippen molar-refractivity contribution in [2.24, 2.45) is 0 Å². The van der Waals surface area contributed by atoms with E-state index in [1.165, 1.54) is 24.1 Å². The van der Waals surface area contributed by atoms with Crippen molar-refractivity contribution in [2.75, 3.05) is 25.0 Å². The normalized spacial score (nSPS) is 17.9. The van der Waals surface area contributed by atoms with E-state index < -0.39 is 0 Å². The Morgan fingerprint density at radius 2 is 2.04 bits per heavy atom. The molecule has 2 aromatic rings. The summed E-state index contributed by atoms with van der Waals surface area (Å²) < 4.78 is 0. The van der Waals surface area contributed by atoms with Gasteiger partial charge in [0, 0.05) is 31.9 Å². The van der Waals surface area contributed by atoms with Gasteiger partial charge in [-0.15, -0.1) is 5.10 Å². The Morgan fingerprint density at radius 3 is 2.87 bits per heavy atom. The fourth-order valence-electron chi connectivity index (χ4n) is 3.36. The van der Waals surface area contributed by atoms with Crippen LogP contribution in [0.1, 0.15) is 29.8 Å². The van der Waals surface area contributed by atoms with E-state index in [0.717, 1.165) is 44.0 Å². The molecule has 1 aliphatic carbocycles. The number of fused-ring (bicyclic) bond motifs is 1. The molecule has 0 aromatic carbocycles. The number of likely N-dealkylation sites (N-methyl/N-ethyl adjacent to an activating group) is 1. The zero-order chi connectivity index (χ0) is 15.6. The summed E-state index contributed by atoms with van der Waals surface area (Å²) in [6, 6.07) is 6.75. The van der Waals surface area contributed by atoms with Crippen molar-refractivity contribution in [1.29, 1.82) is 0 Å². The molecule has 6 nitrogen and oxygen atoms in total. The highest BCUT2D eigenvalue weighted by Gasteiger charge is 2.31. The molecule has 3 heterocycles. The Bertz CT molecular complexity index is 668. The monoisotopic (exact) mass is 310 g/mol. The highest BCUT2D eigenvalue weighted by atomic mass is 15.4. The van der Waals surface area contributed by atoms with Crippen molar-refractivity contribution < 1.29 is 0 Å². The quantitative estimate of drug-likeness (QED) is 0.852. The van der Waals surface area contributed by atoms with Gasteiger partial charge in [-0.3, -0.25) is 4.90 Å². The Kier molecular flexibility index (Phi) is 3.91. The first-order valence-corrected chi connectivity index (χ1v) is 8.37. The maximum Gasteiger partial charge on any atom is 0.151 e. The third-order valence-corrected chi connectivity index (χ3v) is 4.91. The first-order chi connectivity index (χ1) is 11.3. The van der Waals surface area contributed by atoms with Gasteiger partial charge in [0.25, 0.3) is 0 Å². The molecule has 23 heavy (non-hydrogen) atoms. The predicted molar refractivity (Wildman–Crippen MR) is 88.2 cm³/mol. The van der Waals surface area contributed by atoms with Crippen molar-refractivity contribution in [1.82, 2.24) is 25.3 Å². The smallest absolute Gasteiger partial charge is 0.151 e. The average Bonchev–Trinajstić information content (AvgIpc) is 2.54. The molecule has 2 aromatic heterocycles. The van der Waals surface area contributed by atoms with Gasteiger partial charge in [-0.25, -0.2) is 0 Å². The number of rotatable bonds is 4. The highest BCUT2D eigenvalue weighted by Crippen LogP contribution is 2.26. The molecule has 1 fully saturated rings. The van der Waals surface area contributed by atoms with Gasteiger partial charge in [0.1, 0.15) is 0 Å². The fraction of sp³-hybridized carbons (Fsp3) is 0.529. The van der Waals surface area contributed by atoms with E-state index in [1.54, 1.807) is 6.20 Å². The van der Waals surface area contributed by atoms with Crippen LogP contribution in [0.25, 0.3) is 0 Å². The van der Waals surface area contributed by atoms with E-state index in [9.17, 15) is 0 Å². The maximum atomic E-state index is 4.44. The summed E-state index contributed by atoms with van der Waals surface area (Å²) in [6.07, 6.45) is 6.48. The van der Waals surface area contributed by atoms with Crippen molar-refractivity contribution in [3.05, 3.63) is 41.3 Å². The topological polar surface area (TPSA) is 58.0 Å². The van der Waals surface area contributed by atoms with Crippen LogP contribution in [0.2, 0.25) is 0 Å². The Hall–Kier alpha value is -2.08. The van der Waals surface area contributed by atoms with Crippen LogP contribution in [0, 0.1) is 0 Å². The fourth-order valence-corrected chi connectivity index (χ4v) is 3.36. The molecule has 0 N–H and O–H groups in total. The Balaban J connectivity index is 1.36. The van der Waals surface area contributed by atoms with Gasteiger partial charge >= 0.3 is 0 Å². The van der Waals surface area contributed by atoms with Gasteiger partial charge in [-0.2, -0.15) is 15.3 Å².